The van der Waals surface area contributed by atoms with Gasteiger partial charge in [-0.1, -0.05) is 95.9 Å². The zero-order valence-electron chi connectivity index (χ0n) is 21.8. The van der Waals surface area contributed by atoms with Crippen molar-refractivity contribution in [3.8, 4) is 0 Å². The number of hydrogen-bond acceptors (Lipinski definition) is 2. The highest BCUT2D eigenvalue weighted by Crippen LogP contribution is 2.39. The summed E-state index contributed by atoms with van der Waals surface area (Å²) < 4.78 is 20.9. The fraction of sp³-hybridized carbons (Fsp3) is 0.594. The Morgan fingerprint density at radius 3 is 2.23 bits per heavy atom. The second kappa shape index (κ2) is 12.7. The highest BCUT2D eigenvalue weighted by molar-refractivity contribution is 6.04. The van der Waals surface area contributed by atoms with E-state index >= 15 is 4.39 Å². The van der Waals surface area contributed by atoms with Crippen LogP contribution in [-0.2, 0) is 6.42 Å². The molecule has 0 saturated heterocycles. The summed E-state index contributed by atoms with van der Waals surface area (Å²) in [7, 11) is 0. The fourth-order valence-electron chi connectivity index (χ4n) is 6.02. The van der Waals surface area contributed by atoms with Crippen LogP contribution >= 0.6 is 0 Å². The van der Waals surface area contributed by atoms with Crippen molar-refractivity contribution in [2.75, 3.05) is 0 Å². The molecule has 1 saturated carbocycles. The molecular weight excluding hydrogens is 435 g/mol. The average molecular weight is 479 g/mol. The molecule has 3 aromatic rings. The molecule has 0 bridgehead atoms. The highest BCUT2D eigenvalue weighted by atomic mass is 19.1. The molecule has 2 nitrogen and oxygen atoms in total. The molecule has 2 aromatic carbocycles. The van der Waals surface area contributed by atoms with E-state index in [0.29, 0.717) is 28.7 Å². The molecule has 190 valence electrons. The molecule has 4 rings (SSSR count). The molecule has 35 heavy (non-hydrogen) atoms. The second-order valence-corrected chi connectivity index (χ2v) is 10.8. The molecule has 0 amide bonds. The van der Waals surface area contributed by atoms with Crippen LogP contribution in [0.25, 0.3) is 21.7 Å². The molecule has 0 spiro atoms. The van der Waals surface area contributed by atoms with E-state index in [4.69, 9.17) is 4.42 Å². The zero-order valence-corrected chi connectivity index (χ0v) is 21.8. The van der Waals surface area contributed by atoms with Crippen LogP contribution in [0.1, 0.15) is 121 Å². The average Bonchev–Trinajstić information content (AvgIpc) is 2.88. The van der Waals surface area contributed by atoms with E-state index in [0.717, 1.165) is 24.1 Å². The van der Waals surface area contributed by atoms with Gasteiger partial charge in [0.15, 0.2) is 11.4 Å². The van der Waals surface area contributed by atoms with Crippen LogP contribution in [0.4, 0.5) is 4.39 Å². The molecule has 0 unspecified atom stereocenters. The zero-order chi connectivity index (χ0) is 24.6. The van der Waals surface area contributed by atoms with Gasteiger partial charge in [0.1, 0.15) is 0 Å². The topological polar surface area (TPSA) is 30.2 Å². The number of benzene rings is 2. The Labute approximate surface area is 210 Å². The molecule has 0 radical (unpaired) electrons. The van der Waals surface area contributed by atoms with E-state index < -0.39 is 5.63 Å². The van der Waals surface area contributed by atoms with Gasteiger partial charge in [0.2, 0.25) is 0 Å². The lowest BCUT2D eigenvalue weighted by Crippen LogP contribution is -2.13. The van der Waals surface area contributed by atoms with Crippen LogP contribution in [0, 0.1) is 11.7 Å². The smallest absolute Gasteiger partial charge is 0.344 e. The fourth-order valence-corrected chi connectivity index (χ4v) is 6.02. The number of halogens is 1. The molecule has 0 atom stereocenters. The van der Waals surface area contributed by atoms with Crippen molar-refractivity contribution in [2.24, 2.45) is 5.92 Å². The Bertz CT molecular complexity index is 1150. The summed E-state index contributed by atoms with van der Waals surface area (Å²) in [6.45, 7) is 4.49. The Balaban J connectivity index is 1.47. The van der Waals surface area contributed by atoms with Gasteiger partial charge < -0.3 is 4.42 Å². The molecule has 0 N–H and O–H groups in total. The maximum atomic E-state index is 15.3. The summed E-state index contributed by atoms with van der Waals surface area (Å²) in [6, 6.07) is 10.0. The van der Waals surface area contributed by atoms with Gasteiger partial charge >= 0.3 is 5.63 Å². The minimum Gasteiger partial charge on any atom is -0.419 e. The maximum Gasteiger partial charge on any atom is 0.344 e. The van der Waals surface area contributed by atoms with Gasteiger partial charge in [-0.25, -0.2) is 9.18 Å². The predicted octanol–water partition coefficient (Wildman–Crippen LogP) is 9.84. The molecule has 3 heteroatoms. The molecule has 0 aliphatic heterocycles. The van der Waals surface area contributed by atoms with Crippen molar-refractivity contribution in [1.82, 2.24) is 0 Å². The number of hydrogen-bond donors (Lipinski definition) is 0. The van der Waals surface area contributed by atoms with Crippen molar-refractivity contribution >= 4 is 21.7 Å². The van der Waals surface area contributed by atoms with Crippen molar-refractivity contribution in [2.45, 2.75) is 116 Å². The lowest BCUT2D eigenvalue weighted by molar-refractivity contribution is 0.304. The first kappa shape index (κ1) is 25.9. The summed E-state index contributed by atoms with van der Waals surface area (Å²) in [6.07, 6.45) is 18.0. The Hall–Kier alpha value is -2.16. The van der Waals surface area contributed by atoms with Crippen molar-refractivity contribution < 1.29 is 8.81 Å². The predicted molar refractivity (Wildman–Crippen MR) is 146 cm³/mol. The third kappa shape index (κ3) is 6.35. The van der Waals surface area contributed by atoms with Gasteiger partial charge in [-0.15, -0.1) is 0 Å². The van der Waals surface area contributed by atoms with Crippen molar-refractivity contribution in [3.05, 3.63) is 57.7 Å². The normalized spacial score (nSPS) is 18.5. The monoisotopic (exact) mass is 478 g/mol. The Kier molecular flexibility index (Phi) is 9.40. The van der Waals surface area contributed by atoms with Gasteiger partial charge in [-0.3, -0.25) is 0 Å². The first-order valence-corrected chi connectivity index (χ1v) is 14.3. The second-order valence-electron chi connectivity index (χ2n) is 10.8. The summed E-state index contributed by atoms with van der Waals surface area (Å²) in [5, 5.41) is 2.09. The lowest BCUT2D eigenvalue weighted by Gasteiger charge is -2.29. The van der Waals surface area contributed by atoms with Gasteiger partial charge in [-0.2, -0.15) is 0 Å². The van der Waals surface area contributed by atoms with Crippen molar-refractivity contribution in [3.63, 3.8) is 0 Å². The quantitative estimate of drug-likeness (QED) is 0.147. The summed E-state index contributed by atoms with van der Waals surface area (Å²) in [5.74, 6) is 1.01. The minimum atomic E-state index is -0.419. The lowest BCUT2D eigenvalue weighted by atomic mass is 9.77. The van der Waals surface area contributed by atoms with Gasteiger partial charge in [0.25, 0.3) is 0 Å². The number of aryl methyl sites for hydroxylation is 1. The summed E-state index contributed by atoms with van der Waals surface area (Å²) in [4.78, 5) is 12.9. The largest absolute Gasteiger partial charge is 0.419 e. The molecule has 1 heterocycles. The summed E-state index contributed by atoms with van der Waals surface area (Å²) in [5.41, 5.74) is 1.59. The van der Waals surface area contributed by atoms with Crippen LogP contribution < -0.4 is 5.63 Å². The molecule has 1 fully saturated rings. The molecular formula is C32H43FO2. The van der Waals surface area contributed by atoms with E-state index in [1.54, 1.807) is 0 Å². The highest BCUT2D eigenvalue weighted by Gasteiger charge is 2.23. The van der Waals surface area contributed by atoms with E-state index in [1.807, 2.05) is 24.3 Å². The standard InChI is InChI=1S/C32H43FO2/c1-3-5-7-8-9-10-11-13-25-18-21-28-27-20-19-26(22-29(27)32(34)35-31(28)30(25)33)24-16-14-23(15-17-24)12-6-4-2/h18-24H,3-17H2,1-2H3. The molecule has 1 aromatic heterocycles. The van der Waals surface area contributed by atoms with Crippen LogP contribution in [0.3, 0.4) is 0 Å². The minimum absolute atomic E-state index is 0.118. The van der Waals surface area contributed by atoms with Gasteiger partial charge in [0.05, 0.1) is 5.39 Å². The first-order valence-electron chi connectivity index (χ1n) is 14.3. The number of fused-ring (bicyclic) bond motifs is 3. The van der Waals surface area contributed by atoms with E-state index in [2.05, 4.69) is 19.9 Å². The van der Waals surface area contributed by atoms with E-state index in [9.17, 15) is 4.79 Å². The van der Waals surface area contributed by atoms with E-state index in [1.165, 1.54) is 82.6 Å². The van der Waals surface area contributed by atoms with Crippen LogP contribution in [0.2, 0.25) is 0 Å². The Morgan fingerprint density at radius 2 is 1.49 bits per heavy atom. The summed E-state index contributed by atoms with van der Waals surface area (Å²) >= 11 is 0. The van der Waals surface area contributed by atoms with Crippen LogP contribution in [-0.4, -0.2) is 0 Å². The first-order chi connectivity index (χ1) is 17.1. The SMILES string of the molecule is CCCCCCCCCc1ccc2c(oc(=O)c3cc(C4CCC(CCCC)CC4)ccc32)c1F. The van der Waals surface area contributed by atoms with E-state index in [-0.39, 0.29) is 11.4 Å². The molecule has 1 aliphatic rings. The molecule has 1 aliphatic carbocycles. The van der Waals surface area contributed by atoms with Gasteiger partial charge in [0, 0.05) is 10.8 Å². The van der Waals surface area contributed by atoms with Crippen LogP contribution in [0.15, 0.2) is 39.5 Å². The third-order valence-corrected chi connectivity index (χ3v) is 8.26. The van der Waals surface area contributed by atoms with Gasteiger partial charge in [-0.05, 0) is 67.6 Å². The third-order valence-electron chi connectivity index (χ3n) is 8.26. The maximum absolute atomic E-state index is 15.3. The number of unbranched alkanes of at least 4 members (excludes halogenated alkanes) is 7. The van der Waals surface area contributed by atoms with Crippen molar-refractivity contribution in [1.29, 1.82) is 0 Å². The Morgan fingerprint density at radius 1 is 0.800 bits per heavy atom. The number of rotatable bonds is 12. The van der Waals surface area contributed by atoms with Crippen LogP contribution in [0.5, 0.6) is 0 Å².